The monoisotopic (exact) mass is 440 g/mol. The van der Waals surface area contributed by atoms with Crippen LogP contribution in [-0.2, 0) is 0 Å². The van der Waals surface area contributed by atoms with Crippen molar-refractivity contribution < 1.29 is 18.8 Å². The highest BCUT2D eigenvalue weighted by Crippen LogP contribution is 2.33. The zero-order chi connectivity index (χ0) is 21.2. The summed E-state index contributed by atoms with van der Waals surface area (Å²) in [4.78, 5) is 19.0. The molecular weight excluding hydrogens is 420 g/mol. The smallest absolute Gasteiger partial charge is 0.321 e. The average molecular weight is 441 g/mol. The number of ether oxygens (including phenoxy) is 2. The highest BCUT2D eigenvalue weighted by molar-refractivity contribution is 6.33. The van der Waals surface area contributed by atoms with Gasteiger partial charge in [0.1, 0.15) is 13.2 Å². The number of rotatable bonds is 3. The Kier molecular flexibility index (Phi) is 5.38. The summed E-state index contributed by atoms with van der Waals surface area (Å²) in [5.74, 6) is 2.53. The van der Waals surface area contributed by atoms with Crippen molar-refractivity contribution in [1.29, 1.82) is 0 Å². The Hall–Kier alpha value is -3.26. The first-order valence-corrected chi connectivity index (χ1v) is 10.6. The van der Waals surface area contributed by atoms with E-state index >= 15 is 0 Å². The summed E-state index contributed by atoms with van der Waals surface area (Å²) in [6, 6.07) is 12.7. The van der Waals surface area contributed by atoms with Crippen molar-refractivity contribution in [2.75, 3.05) is 31.6 Å². The second kappa shape index (κ2) is 8.47. The van der Waals surface area contributed by atoms with E-state index in [2.05, 4.69) is 15.5 Å². The molecule has 0 atom stereocenters. The van der Waals surface area contributed by atoms with E-state index in [1.165, 1.54) is 0 Å². The first-order valence-electron chi connectivity index (χ1n) is 10.2. The van der Waals surface area contributed by atoms with Gasteiger partial charge >= 0.3 is 6.03 Å². The van der Waals surface area contributed by atoms with Gasteiger partial charge in [-0.15, -0.1) is 0 Å². The molecule has 9 heteroatoms. The molecule has 2 aromatic carbocycles. The lowest BCUT2D eigenvalue weighted by atomic mass is 9.97. The van der Waals surface area contributed by atoms with Crippen LogP contribution in [0.25, 0.3) is 11.4 Å². The summed E-state index contributed by atoms with van der Waals surface area (Å²) < 4.78 is 16.6. The Morgan fingerprint density at radius 3 is 2.65 bits per heavy atom. The number of fused-ring (bicyclic) bond motifs is 1. The van der Waals surface area contributed by atoms with Gasteiger partial charge in [0.05, 0.1) is 5.02 Å². The van der Waals surface area contributed by atoms with Gasteiger partial charge in [-0.3, -0.25) is 0 Å². The predicted molar refractivity (Wildman–Crippen MR) is 115 cm³/mol. The zero-order valence-corrected chi connectivity index (χ0v) is 17.5. The van der Waals surface area contributed by atoms with Gasteiger partial charge in [-0.2, -0.15) is 4.98 Å². The lowest BCUT2D eigenvalue weighted by molar-refractivity contribution is 0.171. The number of amides is 2. The number of nitrogens with zero attached hydrogens (tertiary/aromatic N) is 3. The maximum atomic E-state index is 12.7. The summed E-state index contributed by atoms with van der Waals surface area (Å²) >= 11 is 6.23. The molecule has 0 radical (unpaired) electrons. The molecule has 2 aliphatic rings. The second-order valence-corrected chi connectivity index (χ2v) is 7.89. The van der Waals surface area contributed by atoms with Gasteiger partial charge in [-0.25, -0.2) is 4.79 Å². The van der Waals surface area contributed by atoms with Crippen molar-refractivity contribution >= 4 is 23.3 Å². The maximum Gasteiger partial charge on any atom is 0.321 e. The van der Waals surface area contributed by atoms with E-state index in [-0.39, 0.29) is 11.9 Å². The van der Waals surface area contributed by atoms with E-state index in [4.69, 9.17) is 25.6 Å². The Labute approximate surface area is 184 Å². The lowest BCUT2D eigenvalue weighted by Crippen LogP contribution is -2.40. The molecule has 3 aromatic rings. The van der Waals surface area contributed by atoms with Crippen LogP contribution in [-0.4, -0.2) is 47.4 Å². The summed E-state index contributed by atoms with van der Waals surface area (Å²) in [5, 5.41) is 7.60. The minimum absolute atomic E-state index is 0.113. The Morgan fingerprint density at radius 1 is 1.06 bits per heavy atom. The number of benzene rings is 2. The molecule has 1 aromatic heterocycles. The van der Waals surface area contributed by atoms with E-state index < -0.39 is 0 Å². The quantitative estimate of drug-likeness (QED) is 0.641. The molecule has 1 saturated heterocycles. The number of halogens is 1. The minimum atomic E-state index is -0.141. The van der Waals surface area contributed by atoms with Crippen molar-refractivity contribution in [2.24, 2.45) is 0 Å². The largest absolute Gasteiger partial charge is 0.486 e. The lowest BCUT2D eigenvalue weighted by Gasteiger charge is -2.30. The highest BCUT2D eigenvalue weighted by atomic mass is 35.5. The van der Waals surface area contributed by atoms with Crippen LogP contribution in [0.5, 0.6) is 11.5 Å². The number of likely N-dealkylation sites (tertiary alicyclic amines) is 1. The SMILES string of the molecule is O=C(Nc1ccc2c(c1)OCCO2)N1CCC(c2nc(-c3ccccc3Cl)no2)CC1. The van der Waals surface area contributed by atoms with Crippen LogP contribution in [0, 0.1) is 0 Å². The van der Waals surface area contributed by atoms with Gasteiger partial charge in [-0.05, 0) is 37.1 Å². The second-order valence-electron chi connectivity index (χ2n) is 7.49. The number of nitrogens with one attached hydrogen (secondary N) is 1. The number of carbonyl (C=O) groups excluding carboxylic acids is 1. The van der Waals surface area contributed by atoms with Crippen molar-refractivity contribution in [3.8, 4) is 22.9 Å². The molecule has 160 valence electrons. The molecule has 0 unspecified atom stereocenters. The predicted octanol–water partition coefficient (Wildman–Crippen LogP) is 4.57. The third kappa shape index (κ3) is 4.16. The summed E-state index contributed by atoms with van der Waals surface area (Å²) in [6.45, 7) is 2.25. The van der Waals surface area contributed by atoms with Crippen LogP contribution < -0.4 is 14.8 Å². The molecule has 2 aliphatic heterocycles. The van der Waals surface area contributed by atoms with E-state index in [1.807, 2.05) is 30.3 Å². The van der Waals surface area contributed by atoms with Gasteiger partial charge in [0.2, 0.25) is 11.7 Å². The van der Waals surface area contributed by atoms with E-state index in [9.17, 15) is 4.79 Å². The fraction of sp³-hybridized carbons (Fsp3) is 0.318. The number of hydrogen-bond donors (Lipinski definition) is 1. The van der Waals surface area contributed by atoms with Crippen molar-refractivity contribution in [1.82, 2.24) is 15.0 Å². The molecule has 1 fully saturated rings. The van der Waals surface area contributed by atoms with Crippen LogP contribution in [0.4, 0.5) is 10.5 Å². The molecule has 0 aliphatic carbocycles. The molecule has 0 spiro atoms. The molecule has 0 saturated carbocycles. The van der Waals surface area contributed by atoms with Crippen molar-refractivity contribution in [3.63, 3.8) is 0 Å². The average Bonchev–Trinajstić information content (AvgIpc) is 3.29. The number of urea groups is 1. The van der Waals surface area contributed by atoms with E-state index in [1.54, 1.807) is 17.0 Å². The van der Waals surface area contributed by atoms with E-state index in [0.717, 1.165) is 18.4 Å². The van der Waals surface area contributed by atoms with Gasteiger partial charge in [0, 0.05) is 36.3 Å². The fourth-order valence-electron chi connectivity index (χ4n) is 3.81. The Balaban J connectivity index is 1.19. The number of piperidine rings is 1. The molecule has 1 N–H and O–H groups in total. The fourth-order valence-corrected chi connectivity index (χ4v) is 4.03. The Bertz CT molecular complexity index is 1090. The topological polar surface area (TPSA) is 89.7 Å². The normalized spacial score (nSPS) is 16.2. The summed E-state index contributed by atoms with van der Waals surface area (Å²) in [5.41, 5.74) is 1.42. The minimum Gasteiger partial charge on any atom is -0.486 e. The number of hydrogen-bond acceptors (Lipinski definition) is 6. The van der Waals surface area contributed by atoms with Crippen LogP contribution in [0.2, 0.25) is 5.02 Å². The molecule has 31 heavy (non-hydrogen) atoms. The van der Waals surface area contributed by atoms with Crippen molar-refractivity contribution in [2.45, 2.75) is 18.8 Å². The number of aromatic nitrogens is 2. The molecule has 0 bridgehead atoms. The maximum absolute atomic E-state index is 12.7. The standard InChI is InChI=1S/C22H21ClN4O4/c23-17-4-2-1-3-16(17)20-25-21(31-26-20)14-7-9-27(10-8-14)22(28)24-15-5-6-18-19(13-15)30-12-11-29-18/h1-6,13-14H,7-12H2,(H,24,28). The van der Waals surface area contributed by atoms with Gasteiger partial charge < -0.3 is 24.2 Å². The summed E-state index contributed by atoms with van der Waals surface area (Å²) in [7, 11) is 0. The molecular formula is C22H21ClN4O4. The third-order valence-electron chi connectivity index (χ3n) is 5.48. The molecule has 3 heterocycles. The Morgan fingerprint density at radius 2 is 1.84 bits per heavy atom. The highest BCUT2D eigenvalue weighted by Gasteiger charge is 2.28. The molecule has 2 amide bonds. The number of anilines is 1. The van der Waals surface area contributed by atoms with Crippen LogP contribution in [0.1, 0.15) is 24.7 Å². The van der Waals surface area contributed by atoms with Crippen LogP contribution in [0.15, 0.2) is 47.0 Å². The summed E-state index contributed by atoms with van der Waals surface area (Å²) in [6.07, 6.45) is 1.50. The first-order chi connectivity index (χ1) is 15.2. The third-order valence-corrected chi connectivity index (χ3v) is 5.81. The van der Waals surface area contributed by atoms with Crippen LogP contribution >= 0.6 is 11.6 Å². The van der Waals surface area contributed by atoms with E-state index in [0.29, 0.717) is 60.2 Å². The van der Waals surface area contributed by atoms with Gasteiger partial charge in [-0.1, -0.05) is 28.9 Å². The first kappa shape index (κ1) is 19.7. The van der Waals surface area contributed by atoms with Crippen LogP contribution in [0.3, 0.4) is 0 Å². The molecule has 8 nitrogen and oxygen atoms in total. The number of carbonyl (C=O) groups is 1. The zero-order valence-electron chi connectivity index (χ0n) is 16.7. The van der Waals surface area contributed by atoms with Gasteiger partial charge in [0.25, 0.3) is 0 Å². The van der Waals surface area contributed by atoms with Gasteiger partial charge in [0.15, 0.2) is 11.5 Å². The van der Waals surface area contributed by atoms with Crippen molar-refractivity contribution in [3.05, 3.63) is 53.4 Å². The molecule has 5 rings (SSSR count).